The number of rotatable bonds is 3. The van der Waals surface area contributed by atoms with Crippen LogP contribution in [-0.4, -0.2) is 19.1 Å². The first kappa shape index (κ1) is 20.3. The van der Waals surface area contributed by atoms with E-state index in [0.717, 1.165) is 33.9 Å². The number of hydrogen-bond donors (Lipinski definition) is 0. The minimum absolute atomic E-state index is 0. The van der Waals surface area contributed by atoms with Crippen molar-refractivity contribution in [2.75, 3.05) is 0 Å². The van der Waals surface area contributed by atoms with Crippen LogP contribution in [0.2, 0.25) is 0 Å². The van der Waals surface area contributed by atoms with E-state index < -0.39 is 0 Å². The van der Waals surface area contributed by atoms with E-state index in [2.05, 4.69) is 70.4 Å². The molecule has 0 aliphatic heterocycles. The molecule has 2 heterocycles. The third-order valence-electron chi connectivity index (χ3n) is 5.33. The van der Waals surface area contributed by atoms with Gasteiger partial charge < -0.3 is 9.13 Å². The van der Waals surface area contributed by atoms with Crippen molar-refractivity contribution in [1.29, 1.82) is 0 Å². The number of imidazole rings is 2. The molecule has 2 aromatic heterocycles. The maximum absolute atomic E-state index is 4.80. The van der Waals surface area contributed by atoms with E-state index in [1.165, 1.54) is 16.8 Å². The molecule has 5 rings (SSSR count). The molecule has 0 saturated carbocycles. The third-order valence-corrected chi connectivity index (χ3v) is 5.33. The SMILES string of the molecule is Cc1cccc(C)c1-n1ccnc1-c1[c-]cc2c(c1)nc(C)n2-c1ccccc1.[Ir]. The van der Waals surface area contributed by atoms with Gasteiger partial charge in [-0.1, -0.05) is 36.4 Å². The molecular weight excluding hydrogens is 549 g/mol. The van der Waals surface area contributed by atoms with E-state index in [-0.39, 0.29) is 20.1 Å². The van der Waals surface area contributed by atoms with Crippen molar-refractivity contribution in [3.05, 3.63) is 96.1 Å². The van der Waals surface area contributed by atoms with Crippen molar-refractivity contribution in [3.63, 3.8) is 0 Å². The van der Waals surface area contributed by atoms with Gasteiger partial charge in [-0.15, -0.1) is 23.8 Å². The zero-order valence-corrected chi connectivity index (χ0v) is 19.4. The van der Waals surface area contributed by atoms with Gasteiger partial charge in [-0.3, -0.25) is 9.97 Å². The van der Waals surface area contributed by atoms with Crippen molar-refractivity contribution in [2.45, 2.75) is 20.8 Å². The zero-order chi connectivity index (χ0) is 20.0. The smallest absolute Gasteiger partial charge is 0.100 e. The monoisotopic (exact) mass is 570 g/mol. The first-order valence-electron chi connectivity index (χ1n) is 9.70. The first-order valence-corrected chi connectivity index (χ1v) is 9.70. The maximum Gasteiger partial charge on any atom is 0.100 e. The molecule has 0 unspecified atom stereocenters. The number of aryl methyl sites for hydroxylation is 3. The van der Waals surface area contributed by atoms with Crippen molar-refractivity contribution in [3.8, 4) is 22.8 Å². The number of para-hydroxylation sites is 2. The Balaban J connectivity index is 0.00000218. The number of nitrogens with zero attached hydrogens (tertiary/aromatic N) is 4. The third kappa shape index (κ3) is 3.30. The average molecular weight is 570 g/mol. The quantitative estimate of drug-likeness (QED) is 0.265. The Hall–Kier alpha value is -3.01. The van der Waals surface area contributed by atoms with Gasteiger partial charge >= 0.3 is 0 Å². The van der Waals surface area contributed by atoms with E-state index >= 15 is 0 Å². The standard InChI is InChI=1S/C25H21N4.Ir/c1-17-8-7-9-18(2)24(17)28-15-14-26-25(28)20-12-13-23-22(16-20)27-19(3)29(23)21-10-5-4-6-11-21;/h4-11,13-16H,1-3H3;/q-1;. The summed E-state index contributed by atoms with van der Waals surface area (Å²) < 4.78 is 4.30. The molecule has 1 radical (unpaired) electrons. The summed E-state index contributed by atoms with van der Waals surface area (Å²) in [5, 5.41) is 0. The van der Waals surface area contributed by atoms with Crippen LogP contribution in [0.4, 0.5) is 0 Å². The predicted molar refractivity (Wildman–Crippen MR) is 117 cm³/mol. The van der Waals surface area contributed by atoms with Gasteiger partial charge in [0.2, 0.25) is 0 Å². The van der Waals surface area contributed by atoms with E-state index in [0.29, 0.717) is 0 Å². The molecule has 5 aromatic rings. The molecule has 151 valence electrons. The minimum Gasteiger partial charge on any atom is -0.340 e. The van der Waals surface area contributed by atoms with Gasteiger partial charge in [0, 0.05) is 49.4 Å². The van der Waals surface area contributed by atoms with Crippen molar-refractivity contribution >= 4 is 11.0 Å². The van der Waals surface area contributed by atoms with Gasteiger partial charge in [-0.25, -0.2) is 0 Å². The Kier molecular flexibility index (Phi) is 5.42. The van der Waals surface area contributed by atoms with Crippen molar-refractivity contribution in [2.24, 2.45) is 0 Å². The van der Waals surface area contributed by atoms with Crippen LogP contribution in [0.25, 0.3) is 33.8 Å². The Labute approximate surface area is 189 Å². The minimum atomic E-state index is 0. The summed E-state index contributed by atoms with van der Waals surface area (Å²) >= 11 is 0. The van der Waals surface area contributed by atoms with Crippen LogP contribution in [0.1, 0.15) is 17.0 Å². The van der Waals surface area contributed by atoms with Gasteiger partial charge in [0.05, 0.1) is 5.82 Å². The molecule has 0 amide bonds. The van der Waals surface area contributed by atoms with Gasteiger partial charge in [0.15, 0.2) is 0 Å². The molecule has 0 bridgehead atoms. The Morgan fingerprint density at radius 2 is 1.63 bits per heavy atom. The predicted octanol–water partition coefficient (Wildman–Crippen LogP) is 5.60. The van der Waals surface area contributed by atoms with E-state index in [1.807, 2.05) is 43.6 Å². The summed E-state index contributed by atoms with van der Waals surface area (Å²) in [7, 11) is 0. The van der Waals surface area contributed by atoms with Crippen LogP contribution in [0.3, 0.4) is 0 Å². The summed E-state index contributed by atoms with van der Waals surface area (Å²) in [6.07, 6.45) is 3.85. The molecular formula is C25H21IrN4-. The normalized spacial score (nSPS) is 10.9. The number of hydrogen-bond acceptors (Lipinski definition) is 2. The van der Waals surface area contributed by atoms with Gasteiger partial charge in [-0.05, 0) is 49.5 Å². The van der Waals surface area contributed by atoms with Crippen molar-refractivity contribution < 1.29 is 20.1 Å². The number of fused-ring (bicyclic) bond motifs is 1. The maximum atomic E-state index is 4.80. The molecule has 3 aromatic carbocycles. The molecule has 5 heteroatoms. The van der Waals surface area contributed by atoms with Gasteiger partial charge in [0.1, 0.15) is 5.82 Å². The molecule has 0 N–H and O–H groups in total. The fourth-order valence-electron chi connectivity index (χ4n) is 4.04. The second-order valence-electron chi connectivity index (χ2n) is 7.31. The molecule has 0 aliphatic rings. The van der Waals surface area contributed by atoms with Gasteiger partial charge in [-0.2, -0.15) is 0 Å². The summed E-state index contributed by atoms with van der Waals surface area (Å²) in [4.78, 5) is 9.44. The molecule has 4 nitrogen and oxygen atoms in total. The van der Waals surface area contributed by atoms with Crippen LogP contribution in [-0.2, 0) is 20.1 Å². The Morgan fingerprint density at radius 3 is 2.37 bits per heavy atom. The number of aromatic nitrogens is 4. The molecule has 0 spiro atoms. The Morgan fingerprint density at radius 1 is 0.900 bits per heavy atom. The molecule has 30 heavy (non-hydrogen) atoms. The molecule has 0 aliphatic carbocycles. The average Bonchev–Trinajstić information content (AvgIpc) is 3.32. The largest absolute Gasteiger partial charge is 0.340 e. The van der Waals surface area contributed by atoms with Crippen LogP contribution in [0.15, 0.2) is 73.1 Å². The number of benzene rings is 3. The van der Waals surface area contributed by atoms with E-state index in [9.17, 15) is 0 Å². The zero-order valence-electron chi connectivity index (χ0n) is 17.1. The molecule has 0 saturated heterocycles. The molecule has 0 fully saturated rings. The van der Waals surface area contributed by atoms with Crippen molar-refractivity contribution in [1.82, 2.24) is 19.1 Å². The van der Waals surface area contributed by atoms with Crippen LogP contribution < -0.4 is 0 Å². The van der Waals surface area contributed by atoms with Crippen LogP contribution in [0.5, 0.6) is 0 Å². The second-order valence-corrected chi connectivity index (χ2v) is 7.31. The summed E-state index contributed by atoms with van der Waals surface area (Å²) in [6, 6.07) is 24.2. The van der Waals surface area contributed by atoms with Gasteiger partial charge in [0.25, 0.3) is 0 Å². The first-order chi connectivity index (χ1) is 14.1. The van der Waals surface area contributed by atoms with Crippen LogP contribution in [0, 0.1) is 26.8 Å². The summed E-state index contributed by atoms with van der Waals surface area (Å²) in [5.74, 6) is 1.83. The van der Waals surface area contributed by atoms with E-state index in [1.54, 1.807) is 0 Å². The van der Waals surface area contributed by atoms with Crippen LogP contribution >= 0.6 is 0 Å². The Bertz CT molecular complexity index is 1310. The summed E-state index contributed by atoms with van der Waals surface area (Å²) in [5.41, 5.74) is 7.62. The fourth-order valence-corrected chi connectivity index (χ4v) is 4.04. The van der Waals surface area contributed by atoms with E-state index in [4.69, 9.17) is 4.98 Å². The molecule has 0 atom stereocenters. The second kappa shape index (κ2) is 8.02. The topological polar surface area (TPSA) is 35.6 Å². The summed E-state index contributed by atoms with van der Waals surface area (Å²) in [6.45, 7) is 6.29. The fraction of sp³-hybridized carbons (Fsp3) is 0.120.